The van der Waals surface area contributed by atoms with Crippen LogP contribution in [0.15, 0.2) is 109 Å². The summed E-state index contributed by atoms with van der Waals surface area (Å²) in [6.45, 7) is 6.40. The number of ether oxygens (including phenoxy) is 3. The highest BCUT2D eigenvalue weighted by molar-refractivity contribution is 5.71. The maximum Gasteiger partial charge on any atom is 0.306 e. The Balaban J connectivity index is 4.21. The van der Waals surface area contributed by atoms with Gasteiger partial charge in [-0.25, -0.2) is 0 Å². The Hall–Kier alpha value is -3.93. The van der Waals surface area contributed by atoms with E-state index in [0.29, 0.717) is 19.3 Å². The molecule has 0 heterocycles. The Kier molecular flexibility index (Phi) is 61.3. The molecule has 440 valence electrons. The zero-order valence-electron chi connectivity index (χ0n) is 50.4. The summed E-state index contributed by atoms with van der Waals surface area (Å²) in [5, 5.41) is 0. The SMILES string of the molecule is CC/C=C\C/C=C\C/C=C\C/C=C\C/C=C\CCCCCCCCCCCCCCCCCC(=O)OCC(COC(=O)CCCCCCC/C=C\CCCCCC)OC(=O)CCCCCCC/C=C\C/C=C\C/C=C\CC. The van der Waals surface area contributed by atoms with E-state index in [4.69, 9.17) is 14.2 Å². The first kappa shape index (κ1) is 73.1. The van der Waals surface area contributed by atoms with Gasteiger partial charge in [-0.15, -0.1) is 0 Å². The van der Waals surface area contributed by atoms with E-state index in [-0.39, 0.29) is 31.1 Å². The standard InChI is InChI=1S/C71H120O6/c1-4-7-10-13-16-19-22-25-27-28-29-30-31-32-33-34-35-36-37-38-39-40-41-42-44-46-49-52-55-58-61-64-70(73)76-67-68(66-75-69(72)63-60-57-54-51-48-45-24-21-18-15-12-9-6-3)77-71(74)65-62-59-56-53-50-47-43-26-23-20-17-14-11-8-5-2/h7-8,10-11,16-17,19-21,24-27,29-30,32-33,43,68H,4-6,9,12-15,18,22-23,28,31,34-42,44-67H2,1-3H3/b10-7-,11-8-,19-16-,20-17-,24-21-,27-25-,30-29-,33-32-,43-26-. The van der Waals surface area contributed by atoms with Crippen molar-refractivity contribution in [1.82, 2.24) is 0 Å². The summed E-state index contributed by atoms with van der Waals surface area (Å²) in [5.74, 6) is -0.906. The second-order valence-corrected chi connectivity index (χ2v) is 21.3. The second-order valence-electron chi connectivity index (χ2n) is 21.3. The van der Waals surface area contributed by atoms with Gasteiger partial charge in [-0.2, -0.15) is 0 Å². The van der Waals surface area contributed by atoms with Crippen molar-refractivity contribution < 1.29 is 28.6 Å². The van der Waals surface area contributed by atoms with Crippen LogP contribution >= 0.6 is 0 Å². The fraction of sp³-hybridized carbons (Fsp3) is 0.704. The topological polar surface area (TPSA) is 78.9 Å². The van der Waals surface area contributed by atoms with Crippen molar-refractivity contribution in [2.24, 2.45) is 0 Å². The first-order chi connectivity index (χ1) is 38.0. The Morgan fingerprint density at radius 1 is 0.273 bits per heavy atom. The van der Waals surface area contributed by atoms with Crippen LogP contribution in [0.3, 0.4) is 0 Å². The summed E-state index contributed by atoms with van der Waals surface area (Å²) in [4.78, 5) is 38.3. The molecule has 6 nitrogen and oxygen atoms in total. The van der Waals surface area contributed by atoms with Gasteiger partial charge in [-0.05, 0) is 122 Å². The van der Waals surface area contributed by atoms with Crippen molar-refractivity contribution in [3.8, 4) is 0 Å². The van der Waals surface area contributed by atoms with Crippen LogP contribution in [-0.2, 0) is 28.6 Å². The molecule has 0 aromatic carbocycles. The molecule has 0 amide bonds. The minimum absolute atomic E-state index is 0.0866. The average Bonchev–Trinajstić information content (AvgIpc) is 3.43. The second kappa shape index (κ2) is 64.6. The van der Waals surface area contributed by atoms with Gasteiger partial charge >= 0.3 is 17.9 Å². The fourth-order valence-electron chi connectivity index (χ4n) is 8.95. The zero-order valence-corrected chi connectivity index (χ0v) is 50.4. The molecule has 0 aliphatic rings. The van der Waals surface area contributed by atoms with E-state index in [2.05, 4.69) is 130 Å². The van der Waals surface area contributed by atoms with Crippen LogP contribution in [0, 0.1) is 0 Å². The summed E-state index contributed by atoms with van der Waals surface area (Å²) < 4.78 is 16.9. The van der Waals surface area contributed by atoms with Gasteiger partial charge in [0.05, 0.1) is 0 Å². The van der Waals surface area contributed by atoms with Crippen molar-refractivity contribution in [3.05, 3.63) is 109 Å². The van der Waals surface area contributed by atoms with Crippen LogP contribution in [-0.4, -0.2) is 37.2 Å². The number of allylic oxidation sites excluding steroid dienone is 18. The highest BCUT2D eigenvalue weighted by Gasteiger charge is 2.19. The van der Waals surface area contributed by atoms with Gasteiger partial charge in [-0.1, -0.05) is 271 Å². The van der Waals surface area contributed by atoms with Crippen LogP contribution < -0.4 is 0 Å². The third-order valence-corrected chi connectivity index (χ3v) is 13.7. The number of rotatable bonds is 58. The predicted molar refractivity (Wildman–Crippen MR) is 334 cm³/mol. The Morgan fingerprint density at radius 3 is 0.805 bits per heavy atom. The zero-order chi connectivity index (χ0) is 55.7. The highest BCUT2D eigenvalue weighted by atomic mass is 16.6. The quantitative estimate of drug-likeness (QED) is 0.0261. The van der Waals surface area contributed by atoms with Crippen LogP contribution in [0.1, 0.15) is 303 Å². The normalized spacial score (nSPS) is 12.8. The number of hydrogen-bond donors (Lipinski definition) is 0. The average molecular weight is 1070 g/mol. The molecule has 0 aromatic rings. The van der Waals surface area contributed by atoms with Crippen LogP contribution in [0.2, 0.25) is 0 Å². The molecule has 0 spiro atoms. The van der Waals surface area contributed by atoms with Gasteiger partial charge < -0.3 is 14.2 Å². The van der Waals surface area contributed by atoms with E-state index in [1.165, 1.54) is 128 Å². The van der Waals surface area contributed by atoms with Crippen LogP contribution in [0.25, 0.3) is 0 Å². The Labute approximate surface area is 476 Å². The summed E-state index contributed by atoms with van der Waals surface area (Å²) >= 11 is 0. The molecule has 6 heteroatoms. The van der Waals surface area contributed by atoms with Crippen LogP contribution in [0.4, 0.5) is 0 Å². The number of carbonyl (C=O) groups is 3. The van der Waals surface area contributed by atoms with Gasteiger partial charge in [0, 0.05) is 19.3 Å². The van der Waals surface area contributed by atoms with Gasteiger partial charge in [0.15, 0.2) is 6.10 Å². The van der Waals surface area contributed by atoms with Crippen molar-refractivity contribution in [2.75, 3.05) is 13.2 Å². The number of unbranched alkanes of at least 4 members (excludes halogenated alkanes) is 29. The van der Waals surface area contributed by atoms with E-state index in [1.54, 1.807) is 0 Å². The molecule has 0 bridgehead atoms. The molecule has 0 aromatic heterocycles. The lowest BCUT2D eigenvalue weighted by molar-refractivity contribution is -0.167. The maximum absolute atomic E-state index is 12.9. The van der Waals surface area contributed by atoms with E-state index < -0.39 is 6.10 Å². The summed E-state index contributed by atoms with van der Waals surface area (Å²) in [5.41, 5.74) is 0. The molecule has 0 aliphatic heterocycles. The minimum Gasteiger partial charge on any atom is -0.462 e. The van der Waals surface area contributed by atoms with E-state index in [0.717, 1.165) is 135 Å². The Morgan fingerprint density at radius 2 is 0.506 bits per heavy atom. The molecular formula is C71H120O6. The van der Waals surface area contributed by atoms with Crippen molar-refractivity contribution in [3.63, 3.8) is 0 Å². The van der Waals surface area contributed by atoms with Gasteiger partial charge in [0.25, 0.3) is 0 Å². The number of carbonyl (C=O) groups excluding carboxylic acids is 3. The highest BCUT2D eigenvalue weighted by Crippen LogP contribution is 2.16. The first-order valence-corrected chi connectivity index (χ1v) is 32.4. The molecule has 0 rings (SSSR count). The molecule has 1 atom stereocenters. The summed E-state index contributed by atoms with van der Waals surface area (Å²) in [7, 11) is 0. The predicted octanol–water partition coefficient (Wildman–Crippen LogP) is 22.2. The first-order valence-electron chi connectivity index (χ1n) is 32.4. The molecule has 0 fully saturated rings. The molecule has 77 heavy (non-hydrogen) atoms. The minimum atomic E-state index is -0.791. The molecule has 0 aliphatic carbocycles. The lowest BCUT2D eigenvalue weighted by Crippen LogP contribution is -2.30. The molecular weight excluding hydrogens is 949 g/mol. The molecule has 1 unspecified atom stereocenters. The van der Waals surface area contributed by atoms with E-state index >= 15 is 0 Å². The molecule has 0 N–H and O–H groups in total. The van der Waals surface area contributed by atoms with Gasteiger partial charge in [0.2, 0.25) is 0 Å². The van der Waals surface area contributed by atoms with Gasteiger partial charge in [0.1, 0.15) is 13.2 Å². The lowest BCUT2D eigenvalue weighted by Gasteiger charge is -2.18. The third-order valence-electron chi connectivity index (χ3n) is 13.7. The number of hydrogen-bond acceptors (Lipinski definition) is 6. The Bertz CT molecular complexity index is 1560. The van der Waals surface area contributed by atoms with Crippen molar-refractivity contribution in [2.45, 2.75) is 309 Å². The maximum atomic E-state index is 12.9. The largest absolute Gasteiger partial charge is 0.462 e. The van der Waals surface area contributed by atoms with Crippen molar-refractivity contribution in [1.29, 1.82) is 0 Å². The molecule has 0 radical (unpaired) electrons. The summed E-state index contributed by atoms with van der Waals surface area (Å²) in [6.07, 6.45) is 88.2. The number of esters is 3. The molecule has 0 saturated carbocycles. The van der Waals surface area contributed by atoms with Crippen molar-refractivity contribution >= 4 is 17.9 Å². The van der Waals surface area contributed by atoms with E-state index in [1.807, 2.05) is 0 Å². The lowest BCUT2D eigenvalue weighted by atomic mass is 10.0. The monoisotopic (exact) mass is 1070 g/mol. The van der Waals surface area contributed by atoms with E-state index in [9.17, 15) is 14.4 Å². The summed E-state index contributed by atoms with van der Waals surface area (Å²) in [6, 6.07) is 0. The smallest absolute Gasteiger partial charge is 0.306 e. The van der Waals surface area contributed by atoms with Gasteiger partial charge in [-0.3, -0.25) is 14.4 Å². The third kappa shape index (κ3) is 62.8. The fourth-order valence-corrected chi connectivity index (χ4v) is 8.95. The molecule has 0 saturated heterocycles. The van der Waals surface area contributed by atoms with Crippen LogP contribution in [0.5, 0.6) is 0 Å².